The summed E-state index contributed by atoms with van der Waals surface area (Å²) in [7, 11) is 1.92. The standard InChI is InChI=1S/C17H25N3O/c1-12-6-8-13(9-7-12)18-15(11-21)14-10-20(5)19-16(14)17(2,3)4/h6-10,15,18,21H,11H2,1-5H3. The van der Waals surface area contributed by atoms with Crippen LogP contribution < -0.4 is 5.32 Å². The van der Waals surface area contributed by atoms with E-state index in [-0.39, 0.29) is 18.1 Å². The van der Waals surface area contributed by atoms with E-state index in [1.54, 1.807) is 0 Å². The molecule has 0 aliphatic rings. The van der Waals surface area contributed by atoms with Gasteiger partial charge in [0.05, 0.1) is 18.3 Å². The first-order chi connectivity index (χ1) is 9.81. The van der Waals surface area contributed by atoms with E-state index in [0.717, 1.165) is 16.9 Å². The zero-order valence-electron chi connectivity index (χ0n) is 13.5. The van der Waals surface area contributed by atoms with Gasteiger partial charge < -0.3 is 10.4 Å². The Morgan fingerprint density at radius 3 is 2.38 bits per heavy atom. The van der Waals surface area contributed by atoms with Crippen LogP contribution in [0.2, 0.25) is 0 Å². The first-order valence-electron chi connectivity index (χ1n) is 7.29. The molecule has 0 aliphatic heterocycles. The Hall–Kier alpha value is -1.81. The highest BCUT2D eigenvalue weighted by molar-refractivity contribution is 5.47. The monoisotopic (exact) mass is 287 g/mol. The van der Waals surface area contributed by atoms with Crippen molar-refractivity contribution in [2.24, 2.45) is 7.05 Å². The second kappa shape index (κ2) is 5.90. The number of aliphatic hydroxyl groups excluding tert-OH is 1. The third-order valence-electron chi connectivity index (χ3n) is 3.52. The van der Waals surface area contributed by atoms with Gasteiger partial charge in [0.2, 0.25) is 0 Å². The molecule has 1 aromatic heterocycles. The maximum absolute atomic E-state index is 9.80. The SMILES string of the molecule is Cc1ccc(NC(CO)c2cn(C)nc2C(C)(C)C)cc1. The summed E-state index contributed by atoms with van der Waals surface area (Å²) in [5.74, 6) is 0. The minimum atomic E-state index is -0.157. The lowest BCUT2D eigenvalue weighted by molar-refractivity contribution is 0.275. The van der Waals surface area contributed by atoms with E-state index in [2.05, 4.69) is 50.2 Å². The van der Waals surface area contributed by atoms with Crippen LogP contribution in [-0.2, 0) is 12.5 Å². The van der Waals surface area contributed by atoms with Gasteiger partial charge in [-0.25, -0.2) is 0 Å². The molecule has 0 radical (unpaired) electrons. The zero-order valence-corrected chi connectivity index (χ0v) is 13.5. The smallest absolute Gasteiger partial charge is 0.0778 e. The van der Waals surface area contributed by atoms with Gasteiger partial charge in [-0.05, 0) is 19.1 Å². The lowest BCUT2D eigenvalue weighted by Gasteiger charge is -2.23. The van der Waals surface area contributed by atoms with Crippen molar-refractivity contribution in [3.63, 3.8) is 0 Å². The molecular weight excluding hydrogens is 262 g/mol. The molecule has 0 saturated heterocycles. The first kappa shape index (κ1) is 15.6. The van der Waals surface area contributed by atoms with E-state index >= 15 is 0 Å². The zero-order chi connectivity index (χ0) is 15.6. The fraction of sp³-hybridized carbons (Fsp3) is 0.471. The van der Waals surface area contributed by atoms with Crippen LogP contribution >= 0.6 is 0 Å². The van der Waals surface area contributed by atoms with Crippen LogP contribution in [-0.4, -0.2) is 21.5 Å². The van der Waals surface area contributed by atoms with Gasteiger partial charge in [0.1, 0.15) is 0 Å². The van der Waals surface area contributed by atoms with Crippen molar-refractivity contribution in [3.8, 4) is 0 Å². The number of benzene rings is 1. The summed E-state index contributed by atoms with van der Waals surface area (Å²) in [4.78, 5) is 0. The topological polar surface area (TPSA) is 50.1 Å². The van der Waals surface area contributed by atoms with Gasteiger partial charge in [-0.1, -0.05) is 38.5 Å². The number of aliphatic hydroxyl groups is 1. The van der Waals surface area contributed by atoms with Gasteiger partial charge in [0, 0.05) is 29.9 Å². The van der Waals surface area contributed by atoms with Gasteiger partial charge in [0.25, 0.3) is 0 Å². The number of nitrogens with zero attached hydrogens (tertiary/aromatic N) is 2. The van der Waals surface area contributed by atoms with Crippen LogP contribution in [0.1, 0.15) is 43.6 Å². The van der Waals surface area contributed by atoms with E-state index in [4.69, 9.17) is 0 Å². The van der Waals surface area contributed by atoms with Crippen LogP contribution in [0, 0.1) is 6.92 Å². The molecule has 0 bridgehead atoms. The predicted octanol–water partition coefficient (Wildman–Crippen LogP) is 3.17. The van der Waals surface area contributed by atoms with Crippen molar-refractivity contribution in [1.82, 2.24) is 9.78 Å². The maximum Gasteiger partial charge on any atom is 0.0778 e. The summed E-state index contributed by atoms with van der Waals surface area (Å²) in [6.07, 6.45) is 1.99. The Morgan fingerprint density at radius 2 is 1.86 bits per heavy atom. The van der Waals surface area contributed by atoms with Crippen LogP contribution in [0.3, 0.4) is 0 Å². The lowest BCUT2D eigenvalue weighted by Crippen LogP contribution is -2.21. The van der Waals surface area contributed by atoms with Crippen LogP contribution in [0.5, 0.6) is 0 Å². The van der Waals surface area contributed by atoms with Crippen LogP contribution in [0.4, 0.5) is 5.69 Å². The molecule has 2 N–H and O–H groups in total. The second-order valence-electron chi connectivity index (χ2n) is 6.60. The van der Waals surface area contributed by atoms with Crippen LogP contribution in [0.25, 0.3) is 0 Å². The third kappa shape index (κ3) is 3.64. The van der Waals surface area contributed by atoms with Gasteiger partial charge in [-0.2, -0.15) is 5.10 Å². The number of hydrogen-bond acceptors (Lipinski definition) is 3. The molecule has 2 rings (SSSR count). The van der Waals surface area contributed by atoms with Crippen molar-refractivity contribution in [2.75, 3.05) is 11.9 Å². The Labute approximate surface area is 126 Å². The summed E-state index contributed by atoms with van der Waals surface area (Å²) in [6.45, 7) is 8.51. The van der Waals surface area contributed by atoms with E-state index < -0.39 is 0 Å². The number of hydrogen-bond donors (Lipinski definition) is 2. The van der Waals surface area contributed by atoms with E-state index in [1.165, 1.54) is 5.56 Å². The molecule has 1 unspecified atom stereocenters. The lowest BCUT2D eigenvalue weighted by atomic mass is 9.87. The molecule has 1 heterocycles. The first-order valence-corrected chi connectivity index (χ1v) is 7.29. The Kier molecular flexibility index (Phi) is 4.37. The highest BCUT2D eigenvalue weighted by Gasteiger charge is 2.26. The van der Waals surface area contributed by atoms with Crippen molar-refractivity contribution in [2.45, 2.75) is 39.2 Å². The average molecular weight is 287 g/mol. The normalized spacial score (nSPS) is 13.2. The van der Waals surface area contributed by atoms with Gasteiger partial charge in [0.15, 0.2) is 0 Å². The number of anilines is 1. The maximum atomic E-state index is 9.80. The highest BCUT2D eigenvalue weighted by Crippen LogP contribution is 2.30. The molecule has 4 heteroatoms. The van der Waals surface area contributed by atoms with Crippen molar-refractivity contribution in [3.05, 3.63) is 47.3 Å². The quantitative estimate of drug-likeness (QED) is 0.908. The molecular formula is C17H25N3O. The summed E-state index contributed by atoms with van der Waals surface area (Å²) < 4.78 is 1.81. The molecule has 0 saturated carbocycles. The van der Waals surface area contributed by atoms with Crippen molar-refractivity contribution in [1.29, 1.82) is 0 Å². The molecule has 114 valence electrons. The third-order valence-corrected chi connectivity index (χ3v) is 3.52. The number of aromatic nitrogens is 2. The minimum absolute atomic E-state index is 0.0304. The van der Waals surface area contributed by atoms with E-state index in [0.29, 0.717) is 0 Å². The molecule has 2 aromatic rings. The summed E-state index contributed by atoms with van der Waals surface area (Å²) >= 11 is 0. The van der Waals surface area contributed by atoms with Gasteiger partial charge in [-0.3, -0.25) is 4.68 Å². The molecule has 0 spiro atoms. The highest BCUT2D eigenvalue weighted by atomic mass is 16.3. The van der Waals surface area contributed by atoms with Crippen LogP contribution in [0.15, 0.2) is 30.5 Å². The molecule has 0 amide bonds. The average Bonchev–Trinajstić information content (AvgIpc) is 2.80. The number of nitrogens with one attached hydrogen (secondary N) is 1. The van der Waals surface area contributed by atoms with Gasteiger partial charge >= 0.3 is 0 Å². The summed E-state index contributed by atoms with van der Waals surface area (Å²) in [5, 5.41) is 17.8. The second-order valence-corrected chi connectivity index (χ2v) is 6.60. The Bertz CT molecular complexity index is 593. The van der Waals surface area contributed by atoms with Crippen molar-refractivity contribution < 1.29 is 5.11 Å². The summed E-state index contributed by atoms with van der Waals surface area (Å²) in [6, 6.07) is 8.03. The van der Waals surface area contributed by atoms with Gasteiger partial charge in [-0.15, -0.1) is 0 Å². The number of rotatable bonds is 4. The molecule has 1 aromatic carbocycles. The molecule has 21 heavy (non-hydrogen) atoms. The van der Waals surface area contributed by atoms with Crippen molar-refractivity contribution >= 4 is 5.69 Å². The van der Waals surface area contributed by atoms with E-state index in [9.17, 15) is 5.11 Å². The largest absolute Gasteiger partial charge is 0.394 e. The number of aryl methyl sites for hydroxylation is 2. The predicted molar refractivity (Wildman–Crippen MR) is 86.5 cm³/mol. The molecule has 1 atom stereocenters. The fourth-order valence-corrected chi connectivity index (χ4v) is 2.42. The molecule has 0 aliphatic carbocycles. The Morgan fingerprint density at radius 1 is 1.24 bits per heavy atom. The molecule has 4 nitrogen and oxygen atoms in total. The molecule has 0 fully saturated rings. The summed E-state index contributed by atoms with van der Waals surface area (Å²) in [5.41, 5.74) is 4.23. The fourth-order valence-electron chi connectivity index (χ4n) is 2.42. The minimum Gasteiger partial charge on any atom is -0.394 e. The Balaban J connectivity index is 2.31. The van der Waals surface area contributed by atoms with E-state index in [1.807, 2.05) is 30.1 Å².